The zero-order chi connectivity index (χ0) is 20.8. The molecule has 1 amide bonds. The number of rotatable bonds is 4. The van der Waals surface area contributed by atoms with Crippen molar-refractivity contribution in [2.45, 2.75) is 12.3 Å². The summed E-state index contributed by atoms with van der Waals surface area (Å²) in [4.78, 5) is 17.5. The van der Waals surface area contributed by atoms with Gasteiger partial charge in [-0.15, -0.1) is 12.4 Å². The van der Waals surface area contributed by atoms with Crippen LogP contribution in [0.3, 0.4) is 0 Å². The van der Waals surface area contributed by atoms with Gasteiger partial charge in [0.1, 0.15) is 11.6 Å². The second-order valence-electron chi connectivity index (χ2n) is 7.41. The minimum Gasteiger partial charge on any atom is -0.496 e. The first kappa shape index (κ1) is 21.5. The van der Waals surface area contributed by atoms with Gasteiger partial charge < -0.3 is 15.4 Å². The maximum Gasteiger partial charge on any atom is 0.254 e. The third-order valence-corrected chi connectivity index (χ3v) is 6.71. The minimum atomic E-state index is -0.256. The van der Waals surface area contributed by atoms with Crippen LogP contribution in [0, 0.1) is 5.82 Å². The molecule has 162 valence electrons. The Morgan fingerprint density at radius 2 is 2.19 bits per heavy atom. The zero-order valence-corrected chi connectivity index (χ0v) is 18.7. The normalized spacial score (nSPS) is 15.9. The van der Waals surface area contributed by atoms with Crippen LogP contribution < -0.4 is 15.4 Å². The van der Waals surface area contributed by atoms with E-state index in [9.17, 15) is 9.18 Å². The number of imidazole rings is 1. The smallest absolute Gasteiger partial charge is 0.254 e. The molecule has 0 bridgehead atoms. The summed E-state index contributed by atoms with van der Waals surface area (Å²) in [5.41, 5.74) is 3.44. The van der Waals surface area contributed by atoms with Gasteiger partial charge in [-0.25, -0.2) is 9.37 Å². The second-order valence-corrected chi connectivity index (χ2v) is 8.42. The Balaban J connectivity index is 0.00000231. The molecular weight excluding hydrogens is 439 g/mol. The lowest BCUT2D eigenvalue weighted by Crippen LogP contribution is -2.18. The van der Waals surface area contributed by atoms with E-state index >= 15 is 0 Å². The summed E-state index contributed by atoms with van der Waals surface area (Å²) in [5, 5.41) is 5.95. The number of carbonyl (C=O) groups is 1. The number of nitrogens with one attached hydrogen (secondary N) is 2. The van der Waals surface area contributed by atoms with Crippen molar-refractivity contribution in [2.24, 2.45) is 0 Å². The van der Waals surface area contributed by atoms with Crippen LogP contribution in [0.2, 0.25) is 0 Å². The Hall–Kier alpha value is -2.68. The molecule has 0 saturated carbocycles. The molecule has 3 heterocycles. The molecule has 2 aromatic heterocycles. The van der Waals surface area contributed by atoms with Crippen LogP contribution in [0.25, 0.3) is 26.4 Å². The molecule has 5 rings (SSSR count). The molecule has 1 aliphatic rings. The maximum absolute atomic E-state index is 14.9. The van der Waals surface area contributed by atoms with Crippen molar-refractivity contribution >= 4 is 44.8 Å². The number of halogens is 2. The molecule has 0 aliphatic carbocycles. The number of hydrogen-bond donors (Lipinski definition) is 2. The molecule has 0 spiro atoms. The molecule has 1 atom stereocenters. The number of ether oxygens (including phenoxy) is 1. The van der Waals surface area contributed by atoms with Crippen molar-refractivity contribution in [1.29, 1.82) is 0 Å². The van der Waals surface area contributed by atoms with Crippen molar-refractivity contribution < 1.29 is 13.9 Å². The van der Waals surface area contributed by atoms with Crippen molar-refractivity contribution in [2.75, 3.05) is 27.2 Å². The van der Waals surface area contributed by atoms with Gasteiger partial charge in [0.15, 0.2) is 4.96 Å². The number of fused-ring (bicyclic) bond motifs is 3. The van der Waals surface area contributed by atoms with Gasteiger partial charge in [-0.05, 0) is 42.6 Å². The molecule has 9 heteroatoms. The number of benzene rings is 2. The zero-order valence-electron chi connectivity index (χ0n) is 17.1. The minimum absolute atomic E-state index is 0. The first-order chi connectivity index (χ1) is 14.6. The van der Waals surface area contributed by atoms with E-state index in [1.807, 2.05) is 28.8 Å². The number of aromatic nitrogens is 2. The fourth-order valence-corrected chi connectivity index (χ4v) is 5.10. The van der Waals surface area contributed by atoms with Gasteiger partial charge in [0.2, 0.25) is 0 Å². The number of hydrogen-bond acceptors (Lipinski definition) is 5. The molecule has 4 aromatic rings. The van der Waals surface area contributed by atoms with E-state index < -0.39 is 0 Å². The summed E-state index contributed by atoms with van der Waals surface area (Å²) in [6, 6.07) is 9.08. The third-order valence-electron chi connectivity index (χ3n) is 5.69. The molecular formula is C22H22ClFN4O2S. The van der Waals surface area contributed by atoms with Gasteiger partial charge >= 0.3 is 0 Å². The van der Waals surface area contributed by atoms with Gasteiger partial charge in [0.25, 0.3) is 5.91 Å². The van der Waals surface area contributed by atoms with E-state index in [1.165, 1.54) is 18.4 Å². The van der Waals surface area contributed by atoms with Gasteiger partial charge in [0, 0.05) is 31.4 Å². The van der Waals surface area contributed by atoms with E-state index in [4.69, 9.17) is 4.74 Å². The average molecular weight is 461 g/mol. The number of thiazole rings is 1. The highest BCUT2D eigenvalue weighted by atomic mass is 35.5. The van der Waals surface area contributed by atoms with Crippen molar-refractivity contribution in [3.63, 3.8) is 0 Å². The van der Waals surface area contributed by atoms with E-state index in [0.29, 0.717) is 28.5 Å². The molecule has 2 N–H and O–H groups in total. The predicted octanol–water partition coefficient (Wildman–Crippen LogP) is 4.22. The summed E-state index contributed by atoms with van der Waals surface area (Å²) >= 11 is 1.45. The fraction of sp³-hybridized carbons (Fsp3) is 0.273. The summed E-state index contributed by atoms with van der Waals surface area (Å²) < 4.78 is 23.1. The lowest BCUT2D eigenvalue weighted by Gasteiger charge is -2.10. The van der Waals surface area contributed by atoms with Crippen LogP contribution in [0.5, 0.6) is 5.75 Å². The van der Waals surface area contributed by atoms with Crippen molar-refractivity contribution in [3.05, 3.63) is 53.5 Å². The Morgan fingerprint density at radius 1 is 1.35 bits per heavy atom. The van der Waals surface area contributed by atoms with Gasteiger partial charge in [-0.1, -0.05) is 17.4 Å². The SMILES string of the molecule is CNC(=O)c1cc2sc3nc(-c4ccc(C5CCNC5)cc4F)cn3c2cc1OC.Cl. The first-order valence-corrected chi connectivity index (χ1v) is 10.6. The summed E-state index contributed by atoms with van der Waals surface area (Å²) in [6.07, 6.45) is 2.87. The Bertz CT molecular complexity index is 1280. The van der Waals surface area contributed by atoms with Crippen LogP contribution in [0.4, 0.5) is 4.39 Å². The highest BCUT2D eigenvalue weighted by molar-refractivity contribution is 7.23. The van der Waals surface area contributed by atoms with Crippen molar-refractivity contribution in [3.8, 4) is 17.0 Å². The molecule has 0 radical (unpaired) electrons. The Labute approximate surface area is 188 Å². The molecule has 1 fully saturated rings. The third kappa shape index (κ3) is 3.64. The Morgan fingerprint density at radius 3 is 2.87 bits per heavy atom. The van der Waals surface area contributed by atoms with Crippen molar-refractivity contribution in [1.82, 2.24) is 20.0 Å². The molecule has 2 aromatic carbocycles. The molecule has 1 unspecified atom stereocenters. The molecule has 1 aliphatic heterocycles. The van der Waals surface area contributed by atoms with E-state index in [1.54, 1.807) is 19.2 Å². The molecule has 1 saturated heterocycles. The molecule has 31 heavy (non-hydrogen) atoms. The molecule has 6 nitrogen and oxygen atoms in total. The summed E-state index contributed by atoms with van der Waals surface area (Å²) in [5.74, 6) is 0.386. The predicted molar refractivity (Wildman–Crippen MR) is 123 cm³/mol. The van der Waals surface area contributed by atoms with Crippen LogP contribution in [0.15, 0.2) is 36.5 Å². The highest BCUT2D eigenvalue weighted by Crippen LogP contribution is 2.35. The summed E-state index contributed by atoms with van der Waals surface area (Å²) in [6.45, 7) is 1.87. The lowest BCUT2D eigenvalue weighted by atomic mass is 9.96. The number of carbonyl (C=O) groups excluding carboxylic acids is 1. The lowest BCUT2D eigenvalue weighted by molar-refractivity contribution is 0.0960. The standard InChI is InChI=1S/C22H21FN4O2S.ClH/c1-24-21(28)15-8-20-18(9-19(15)29-2)27-11-17(26-22(27)30-20)14-4-3-12(7-16(14)23)13-5-6-25-10-13;/h3-4,7-9,11,13,25H,5-6,10H2,1-2H3,(H,24,28);1H. The monoisotopic (exact) mass is 460 g/mol. The average Bonchev–Trinajstić information content (AvgIpc) is 3.48. The van der Waals surface area contributed by atoms with Gasteiger partial charge in [-0.3, -0.25) is 9.20 Å². The van der Waals surface area contributed by atoms with Gasteiger partial charge in [0.05, 0.1) is 28.6 Å². The van der Waals surface area contributed by atoms with Gasteiger partial charge in [-0.2, -0.15) is 0 Å². The highest BCUT2D eigenvalue weighted by Gasteiger charge is 2.20. The first-order valence-electron chi connectivity index (χ1n) is 9.81. The van der Waals surface area contributed by atoms with Crippen LogP contribution in [-0.2, 0) is 0 Å². The topological polar surface area (TPSA) is 67.7 Å². The largest absolute Gasteiger partial charge is 0.496 e. The fourth-order valence-electron chi connectivity index (χ4n) is 4.07. The van der Waals surface area contributed by atoms with E-state index in [2.05, 4.69) is 15.6 Å². The van der Waals surface area contributed by atoms with E-state index in [0.717, 1.165) is 40.3 Å². The van der Waals surface area contributed by atoms with Crippen LogP contribution >= 0.6 is 23.7 Å². The second kappa shape index (κ2) is 8.45. The van der Waals surface area contributed by atoms with Crippen LogP contribution in [0.1, 0.15) is 28.3 Å². The van der Waals surface area contributed by atoms with E-state index in [-0.39, 0.29) is 24.1 Å². The van der Waals surface area contributed by atoms with Crippen LogP contribution in [-0.4, -0.2) is 42.5 Å². The number of nitrogens with zero attached hydrogens (tertiary/aromatic N) is 2. The Kier molecular flexibility index (Phi) is 5.88. The number of amides is 1. The maximum atomic E-state index is 14.9. The number of methoxy groups -OCH3 is 1. The quantitative estimate of drug-likeness (QED) is 0.478. The summed E-state index contributed by atoms with van der Waals surface area (Å²) in [7, 11) is 3.12.